The summed E-state index contributed by atoms with van der Waals surface area (Å²) in [5.74, 6) is -0.172. The number of aliphatic hydroxyl groups is 1. The Morgan fingerprint density at radius 2 is 1.74 bits per heavy atom. The van der Waals surface area contributed by atoms with E-state index in [4.69, 9.17) is 9.53 Å². The average molecular weight is 473 g/mol. The topological polar surface area (TPSA) is 87.7 Å². The van der Waals surface area contributed by atoms with E-state index in [1.165, 1.54) is 18.6 Å². The van der Waals surface area contributed by atoms with Crippen molar-refractivity contribution in [3.8, 4) is 5.75 Å². The van der Waals surface area contributed by atoms with Crippen molar-refractivity contribution in [2.24, 2.45) is 0 Å². The third-order valence-corrected chi connectivity index (χ3v) is 5.95. The van der Waals surface area contributed by atoms with Gasteiger partial charge in [-0.1, -0.05) is 38.1 Å². The molecule has 0 radical (unpaired) electrons. The quantitative estimate of drug-likeness (QED) is 0.472. The number of anilines is 1. The lowest BCUT2D eigenvalue weighted by Crippen LogP contribution is -2.38. The standard InChI is InChI=1S/C25H33FN2O3.C2H4O/c1-15(2)17-6-5-7-18(12-17)16(3)31-23-14-19(13-22(26)24(23)27-4)25(30)28-20-8-10-21(29)11-9-20;1-2-3/h5-7,12-16,20-21,27,29H,8-11H2,1-4H3,(H,28,30);2H,1H3. The van der Waals surface area contributed by atoms with Crippen molar-refractivity contribution in [1.29, 1.82) is 0 Å². The van der Waals surface area contributed by atoms with Gasteiger partial charge in [-0.3, -0.25) is 4.79 Å². The van der Waals surface area contributed by atoms with E-state index in [9.17, 15) is 14.3 Å². The maximum atomic E-state index is 14.8. The van der Waals surface area contributed by atoms with E-state index < -0.39 is 5.82 Å². The molecule has 3 N–H and O–H groups in total. The lowest BCUT2D eigenvalue weighted by molar-refractivity contribution is -0.106. The number of rotatable bonds is 7. The van der Waals surface area contributed by atoms with Crippen LogP contribution >= 0.6 is 0 Å². The van der Waals surface area contributed by atoms with Gasteiger partial charge < -0.3 is 25.3 Å². The third-order valence-electron chi connectivity index (χ3n) is 5.95. The molecule has 0 saturated heterocycles. The minimum absolute atomic E-state index is 0.00926. The van der Waals surface area contributed by atoms with Crippen molar-refractivity contribution in [2.75, 3.05) is 12.4 Å². The fourth-order valence-electron chi connectivity index (χ4n) is 3.97. The smallest absolute Gasteiger partial charge is 0.251 e. The van der Waals surface area contributed by atoms with Crippen LogP contribution in [-0.4, -0.2) is 36.5 Å². The van der Waals surface area contributed by atoms with Gasteiger partial charge in [0.2, 0.25) is 0 Å². The Morgan fingerprint density at radius 3 is 2.32 bits per heavy atom. The summed E-state index contributed by atoms with van der Waals surface area (Å²) in [6, 6.07) is 11.0. The van der Waals surface area contributed by atoms with Crippen molar-refractivity contribution < 1.29 is 23.8 Å². The number of hydrogen-bond donors (Lipinski definition) is 3. The molecule has 1 aliphatic rings. The predicted molar refractivity (Wildman–Crippen MR) is 133 cm³/mol. The van der Waals surface area contributed by atoms with E-state index in [0.29, 0.717) is 24.5 Å². The maximum absolute atomic E-state index is 14.8. The number of carbonyl (C=O) groups excluding carboxylic acids is 2. The number of aldehydes is 1. The maximum Gasteiger partial charge on any atom is 0.251 e. The number of hydrogen-bond acceptors (Lipinski definition) is 5. The Kier molecular flexibility index (Phi) is 10.5. The van der Waals surface area contributed by atoms with Gasteiger partial charge in [0, 0.05) is 18.7 Å². The second-order valence-electron chi connectivity index (χ2n) is 8.88. The molecule has 0 spiro atoms. The van der Waals surface area contributed by atoms with E-state index in [0.717, 1.165) is 24.7 Å². The highest BCUT2D eigenvalue weighted by Gasteiger charge is 2.23. The minimum atomic E-state index is -0.535. The summed E-state index contributed by atoms with van der Waals surface area (Å²) in [4.78, 5) is 21.6. The van der Waals surface area contributed by atoms with Gasteiger partial charge in [-0.15, -0.1) is 0 Å². The van der Waals surface area contributed by atoms with Gasteiger partial charge >= 0.3 is 0 Å². The molecule has 34 heavy (non-hydrogen) atoms. The van der Waals surface area contributed by atoms with Crippen molar-refractivity contribution in [3.05, 3.63) is 58.9 Å². The summed E-state index contributed by atoms with van der Waals surface area (Å²) in [5, 5.41) is 15.5. The Morgan fingerprint density at radius 1 is 1.12 bits per heavy atom. The lowest BCUT2D eigenvalue weighted by Gasteiger charge is -2.26. The molecule has 6 nitrogen and oxygen atoms in total. The molecular weight excluding hydrogens is 435 g/mol. The largest absolute Gasteiger partial charge is 0.484 e. The van der Waals surface area contributed by atoms with Crippen LogP contribution in [0.1, 0.15) is 86.9 Å². The van der Waals surface area contributed by atoms with Gasteiger partial charge in [-0.05, 0) is 68.7 Å². The molecule has 3 rings (SSSR count). The highest BCUT2D eigenvalue weighted by Crippen LogP contribution is 2.33. The molecule has 1 aliphatic carbocycles. The second kappa shape index (κ2) is 13.1. The van der Waals surface area contributed by atoms with Crippen LogP contribution in [0.15, 0.2) is 36.4 Å². The Labute approximate surface area is 201 Å². The number of nitrogens with one attached hydrogen (secondary N) is 2. The molecule has 1 amide bonds. The van der Waals surface area contributed by atoms with Crippen LogP contribution in [0, 0.1) is 5.82 Å². The number of benzene rings is 2. The Bertz CT molecular complexity index is 956. The lowest BCUT2D eigenvalue weighted by atomic mass is 9.93. The van der Waals surface area contributed by atoms with E-state index in [2.05, 4.69) is 36.6 Å². The first-order valence-corrected chi connectivity index (χ1v) is 11.9. The van der Waals surface area contributed by atoms with E-state index in [1.54, 1.807) is 13.1 Å². The summed E-state index contributed by atoms with van der Waals surface area (Å²) in [7, 11) is 1.63. The van der Waals surface area contributed by atoms with Crippen molar-refractivity contribution in [3.63, 3.8) is 0 Å². The van der Waals surface area contributed by atoms with E-state index >= 15 is 0 Å². The van der Waals surface area contributed by atoms with Crippen LogP contribution in [-0.2, 0) is 4.79 Å². The highest BCUT2D eigenvalue weighted by molar-refractivity contribution is 5.95. The number of amides is 1. The number of carbonyl (C=O) groups is 2. The van der Waals surface area contributed by atoms with Gasteiger partial charge in [-0.25, -0.2) is 4.39 Å². The molecule has 1 saturated carbocycles. The molecule has 0 aromatic heterocycles. The molecule has 0 bridgehead atoms. The molecule has 1 unspecified atom stereocenters. The molecule has 7 heteroatoms. The number of ether oxygens (including phenoxy) is 1. The molecular formula is C27H37FN2O4. The van der Waals surface area contributed by atoms with Crippen LogP contribution in [0.5, 0.6) is 5.75 Å². The molecule has 0 heterocycles. The molecule has 186 valence electrons. The van der Waals surface area contributed by atoms with Crippen LogP contribution in [0.3, 0.4) is 0 Å². The average Bonchev–Trinajstić information content (AvgIpc) is 2.81. The zero-order valence-electron chi connectivity index (χ0n) is 20.7. The fraction of sp³-hybridized carbons (Fsp3) is 0.481. The molecule has 1 fully saturated rings. The molecule has 2 aromatic carbocycles. The highest BCUT2D eigenvalue weighted by atomic mass is 19.1. The Balaban J connectivity index is 0.00000129. The van der Waals surface area contributed by atoms with Gasteiger partial charge in [0.05, 0.1) is 6.10 Å². The zero-order valence-corrected chi connectivity index (χ0v) is 20.7. The SMILES string of the molecule is CC=O.CNc1c(F)cc(C(=O)NC2CCC(O)CC2)cc1OC(C)c1cccc(C(C)C)c1. The monoisotopic (exact) mass is 472 g/mol. The third kappa shape index (κ3) is 7.55. The van der Waals surface area contributed by atoms with Gasteiger partial charge in [-0.2, -0.15) is 0 Å². The van der Waals surface area contributed by atoms with Crippen molar-refractivity contribution >= 4 is 17.9 Å². The van der Waals surface area contributed by atoms with Crippen LogP contribution < -0.4 is 15.4 Å². The van der Waals surface area contributed by atoms with Crippen molar-refractivity contribution in [2.45, 2.75) is 77.5 Å². The van der Waals surface area contributed by atoms with E-state index in [1.807, 2.05) is 19.1 Å². The fourth-order valence-corrected chi connectivity index (χ4v) is 3.97. The molecule has 2 aromatic rings. The summed E-state index contributed by atoms with van der Waals surface area (Å²) in [6.45, 7) is 7.62. The summed E-state index contributed by atoms with van der Waals surface area (Å²) in [5.41, 5.74) is 2.65. The van der Waals surface area contributed by atoms with Crippen LogP contribution in [0.25, 0.3) is 0 Å². The zero-order chi connectivity index (χ0) is 25.3. The summed E-state index contributed by atoms with van der Waals surface area (Å²) < 4.78 is 20.9. The predicted octanol–water partition coefficient (Wildman–Crippen LogP) is 5.37. The summed E-state index contributed by atoms with van der Waals surface area (Å²) in [6.07, 6.45) is 2.91. The van der Waals surface area contributed by atoms with Gasteiger partial charge in [0.1, 0.15) is 23.8 Å². The second-order valence-corrected chi connectivity index (χ2v) is 8.88. The van der Waals surface area contributed by atoms with Gasteiger partial charge in [0.25, 0.3) is 5.91 Å². The van der Waals surface area contributed by atoms with E-state index in [-0.39, 0.29) is 35.4 Å². The first kappa shape index (κ1) is 27.3. The number of halogens is 1. The Hall–Kier alpha value is -2.93. The summed E-state index contributed by atoms with van der Waals surface area (Å²) >= 11 is 0. The van der Waals surface area contributed by atoms with Crippen LogP contribution in [0.2, 0.25) is 0 Å². The number of aliphatic hydroxyl groups excluding tert-OH is 1. The molecule has 0 aliphatic heterocycles. The first-order valence-electron chi connectivity index (χ1n) is 11.9. The van der Waals surface area contributed by atoms with Gasteiger partial charge in [0.15, 0.2) is 5.82 Å². The van der Waals surface area contributed by atoms with Crippen molar-refractivity contribution in [1.82, 2.24) is 5.32 Å². The normalized spacial score (nSPS) is 18.4. The van der Waals surface area contributed by atoms with Crippen LogP contribution in [0.4, 0.5) is 10.1 Å². The first-order chi connectivity index (χ1) is 16.2. The molecule has 1 atom stereocenters. The minimum Gasteiger partial charge on any atom is -0.484 e.